The van der Waals surface area contributed by atoms with Gasteiger partial charge in [0, 0.05) is 5.39 Å². The molecule has 1 N–H and O–H groups in total. The van der Waals surface area contributed by atoms with E-state index in [1.165, 1.54) is 0 Å². The fourth-order valence-corrected chi connectivity index (χ4v) is 1.25. The molecule has 0 aliphatic heterocycles. The van der Waals surface area contributed by atoms with Crippen LogP contribution in [0.5, 0.6) is 0 Å². The summed E-state index contributed by atoms with van der Waals surface area (Å²) in [6.45, 7) is 0.295. The van der Waals surface area contributed by atoms with Crippen molar-refractivity contribution in [1.82, 2.24) is 0 Å². The predicted molar refractivity (Wildman–Crippen MR) is 50.3 cm³/mol. The third kappa shape index (κ3) is 1.34. The number of anilines is 1. The minimum absolute atomic E-state index is 0.295. The van der Waals surface area contributed by atoms with Gasteiger partial charge in [0.25, 0.3) is 0 Å². The van der Waals surface area contributed by atoms with Crippen LogP contribution in [0.4, 0.5) is 5.69 Å². The van der Waals surface area contributed by atoms with Crippen LogP contribution in [0.2, 0.25) is 0 Å². The summed E-state index contributed by atoms with van der Waals surface area (Å²) in [4.78, 5) is 0. The summed E-state index contributed by atoms with van der Waals surface area (Å²) in [5.41, 5.74) is 1.71. The molecule has 2 rings (SSSR count). The van der Waals surface area contributed by atoms with Gasteiger partial charge in [0.1, 0.15) is 18.4 Å². The first-order valence-corrected chi connectivity index (χ1v) is 3.99. The lowest BCUT2D eigenvalue weighted by Gasteiger charge is -1.95. The molecule has 0 radical (unpaired) electrons. The summed E-state index contributed by atoms with van der Waals surface area (Å²) in [6, 6.07) is 9.73. The van der Waals surface area contributed by atoms with Crippen LogP contribution in [0.15, 0.2) is 34.9 Å². The molecule has 13 heavy (non-hydrogen) atoms. The summed E-state index contributed by atoms with van der Waals surface area (Å²) >= 11 is 0. The van der Waals surface area contributed by atoms with E-state index in [2.05, 4.69) is 5.32 Å². The van der Waals surface area contributed by atoms with Gasteiger partial charge >= 0.3 is 0 Å². The SMILES string of the molecule is N#CCNc1coc2ccccc12. The summed E-state index contributed by atoms with van der Waals surface area (Å²) < 4.78 is 5.27. The molecule has 2 aromatic rings. The summed E-state index contributed by atoms with van der Waals surface area (Å²) in [6.07, 6.45) is 1.63. The minimum atomic E-state index is 0.295. The molecule has 0 bridgehead atoms. The summed E-state index contributed by atoms with van der Waals surface area (Å²) in [7, 11) is 0. The lowest BCUT2D eigenvalue weighted by molar-refractivity contribution is 0.617. The topological polar surface area (TPSA) is 49.0 Å². The zero-order valence-corrected chi connectivity index (χ0v) is 6.95. The Hall–Kier alpha value is -1.95. The van der Waals surface area contributed by atoms with Gasteiger partial charge in [-0.3, -0.25) is 0 Å². The van der Waals surface area contributed by atoms with E-state index < -0.39 is 0 Å². The fraction of sp³-hybridized carbons (Fsp3) is 0.100. The Balaban J connectivity index is 2.41. The maximum atomic E-state index is 8.39. The molecule has 1 aromatic carbocycles. The Labute approximate surface area is 75.6 Å². The van der Waals surface area contributed by atoms with Gasteiger partial charge in [-0.1, -0.05) is 12.1 Å². The first-order chi connectivity index (χ1) is 6.42. The molecule has 0 spiro atoms. The molecule has 3 heteroatoms. The van der Waals surface area contributed by atoms with Crippen molar-refractivity contribution in [3.05, 3.63) is 30.5 Å². The van der Waals surface area contributed by atoms with Gasteiger partial charge in [0.15, 0.2) is 0 Å². The van der Waals surface area contributed by atoms with Gasteiger partial charge in [0.05, 0.1) is 11.8 Å². The Morgan fingerprint density at radius 1 is 1.38 bits per heavy atom. The largest absolute Gasteiger partial charge is 0.462 e. The molecule has 0 saturated heterocycles. The van der Waals surface area contributed by atoms with Crippen LogP contribution >= 0.6 is 0 Å². The number of benzene rings is 1. The zero-order valence-electron chi connectivity index (χ0n) is 6.95. The smallest absolute Gasteiger partial charge is 0.136 e. The third-order valence-electron chi connectivity index (χ3n) is 1.84. The number of nitrogens with zero attached hydrogens (tertiary/aromatic N) is 1. The van der Waals surface area contributed by atoms with Gasteiger partial charge in [-0.05, 0) is 12.1 Å². The molecule has 0 atom stereocenters. The van der Waals surface area contributed by atoms with E-state index in [0.29, 0.717) is 6.54 Å². The highest BCUT2D eigenvalue weighted by molar-refractivity contribution is 5.90. The second-order valence-electron chi connectivity index (χ2n) is 2.66. The molecule has 64 valence electrons. The molecule has 1 heterocycles. The average molecular weight is 172 g/mol. The van der Waals surface area contributed by atoms with E-state index in [-0.39, 0.29) is 0 Å². The molecule has 3 nitrogen and oxygen atoms in total. The monoisotopic (exact) mass is 172 g/mol. The van der Waals surface area contributed by atoms with E-state index in [0.717, 1.165) is 16.7 Å². The van der Waals surface area contributed by atoms with Crippen molar-refractivity contribution in [1.29, 1.82) is 5.26 Å². The van der Waals surface area contributed by atoms with Crippen LogP contribution < -0.4 is 5.32 Å². The van der Waals surface area contributed by atoms with Crippen LogP contribution in [0.3, 0.4) is 0 Å². The quantitative estimate of drug-likeness (QED) is 0.707. The Morgan fingerprint density at radius 2 is 2.23 bits per heavy atom. The number of hydrogen-bond acceptors (Lipinski definition) is 3. The van der Waals surface area contributed by atoms with Gasteiger partial charge in [-0.15, -0.1) is 0 Å². The Kier molecular flexibility index (Phi) is 1.89. The summed E-state index contributed by atoms with van der Waals surface area (Å²) in [5.74, 6) is 0. The minimum Gasteiger partial charge on any atom is -0.462 e. The Bertz CT molecular complexity index is 453. The van der Waals surface area contributed by atoms with Crippen LogP contribution in [0, 0.1) is 11.3 Å². The standard InChI is InChI=1S/C10H8N2O/c11-5-6-12-9-7-13-10-4-2-1-3-8(9)10/h1-4,7,12H,6H2. The predicted octanol–water partition coefficient (Wildman–Crippen LogP) is 2.37. The van der Waals surface area contributed by atoms with Gasteiger partial charge in [-0.2, -0.15) is 5.26 Å². The maximum absolute atomic E-state index is 8.39. The molecule has 0 aliphatic carbocycles. The lowest BCUT2D eigenvalue weighted by atomic mass is 10.2. The van der Waals surface area contributed by atoms with Crippen LogP contribution in [0.1, 0.15) is 0 Å². The van der Waals surface area contributed by atoms with Gasteiger partial charge in [0.2, 0.25) is 0 Å². The Morgan fingerprint density at radius 3 is 3.08 bits per heavy atom. The molecule has 0 aliphatic rings. The third-order valence-corrected chi connectivity index (χ3v) is 1.84. The van der Waals surface area contributed by atoms with Crippen LogP contribution in [-0.4, -0.2) is 6.54 Å². The fourth-order valence-electron chi connectivity index (χ4n) is 1.25. The van der Waals surface area contributed by atoms with Crippen molar-refractivity contribution in [3.8, 4) is 6.07 Å². The van der Waals surface area contributed by atoms with Gasteiger partial charge < -0.3 is 9.73 Å². The number of furan rings is 1. The molecule has 0 unspecified atom stereocenters. The molecular weight excluding hydrogens is 164 g/mol. The number of fused-ring (bicyclic) bond motifs is 1. The van der Waals surface area contributed by atoms with Crippen LogP contribution in [0.25, 0.3) is 11.0 Å². The number of nitrogens with one attached hydrogen (secondary N) is 1. The number of para-hydroxylation sites is 1. The normalized spacial score (nSPS) is 9.77. The second kappa shape index (κ2) is 3.20. The highest BCUT2D eigenvalue weighted by atomic mass is 16.3. The maximum Gasteiger partial charge on any atom is 0.136 e. The highest BCUT2D eigenvalue weighted by Crippen LogP contribution is 2.24. The number of rotatable bonds is 2. The highest BCUT2D eigenvalue weighted by Gasteiger charge is 2.02. The van der Waals surface area contributed by atoms with E-state index in [4.69, 9.17) is 9.68 Å². The number of hydrogen-bond donors (Lipinski definition) is 1. The molecule has 0 amide bonds. The van der Waals surface area contributed by atoms with Crippen LogP contribution in [-0.2, 0) is 0 Å². The number of nitriles is 1. The lowest BCUT2D eigenvalue weighted by Crippen LogP contribution is -1.96. The van der Waals surface area contributed by atoms with Gasteiger partial charge in [-0.25, -0.2) is 0 Å². The van der Waals surface area contributed by atoms with Crippen molar-refractivity contribution in [2.45, 2.75) is 0 Å². The van der Waals surface area contributed by atoms with Crippen molar-refractivity contribution < 1.29 is 4.42 Å². The first kappa shape index (κ1) is 7.69. The second-order valence-corrected chi connectivity index (χ2v) is 2.66. The average Bonchev–Trinajstić information content (AvgIpc) is 2.58. The molecule has 1 aromatic heterocycles. The van der Waals surface area contributed by atoms with Crippen molar-refractivity contribution >= 4 is 16.7 Å². The van der Waals surface area contributed by atoms with Crippen molar-refractivity contribution in [2.24, 2.45) is 0 Å². The van der Waals surface area contributed by atoms with E-state index in [1.54, 1.807) is 6.26 Å². The van der Waals surface area contributed by atoms with E-state index in [1.807, 2.05) is 30.3 Å². The summed E-state index contributed by atoms with van der Waals surface area (Å²) in [5, 5.41) is 12.4. The van der Waals surface area contributed by atoms with Crippen molar-refractivity contribution in [2.75, 3.05) is 11.9 Å². The molecule has 0 saturated carbocycles. The van der Waals surface area contributed by atoms with Crippen molar-refractivity contribution in [3.63, 3.8) is 0 Å². The van der Waals surface area contributed by atoms with E-state index in [9.17, 15) is 0 Å². The molecular formula is C10H8N2O. The molecule has 0 fully saturated rings. The van der Waals surface area contributed by atoms with E-state index >= 15 is 0 Å². The first-order valence-electron chi connectivity index (χ1n) is 3.99. The zero-order chi connectivity index (χ0) is 9.10.